The summed E-state index contributed by atoms with van der Waals surface area (Å²) in [6.07, 6.45) is 2.02. The van der Waals surface area contributed by atoms with Crippen molar-refractivity contribution in [3.8, 4) is 0 Å². The molecule has 1 fully saturated rings. The van der Waals surface area contributed by atoms with Gasteiger partial charge < -0.3 is 21.3 Å². The smallest absolute Gasteiger partial charge is 0.254 e. The van der Waals surface area contributed by atoms with Crippen LogP contribution in [0, 0.1) is 12.3 Å². The molecule has 0 bridgehead atoms. The van der Waals surface area contributed by atoms with Gasteiger partial charge in [-0.3, -0.25) is 19.8 Å². The molecule has 0 radical (unpaired) electrons. The van der Waals surface area contributed by atoms with Crippen LogP contribution in [-0.4, -0.2) is 48.1 Å². The normalized spacial score (nSPS) is 14.0. The number of nitrogens with one attached hydrogen (secondary N) is 3. The van der Waals surface area contributed by atoms with Crippen molar-refractivity contribution in [1.82, 2.24) is 15.5 Å². The zero-order valence-corrected chi connectivity index (χ0v) is 18.4. The number of likely N-dealkylation sites (tertiary alicyclic amines) is 1. The summed E-state index contributed by atoms with van der Waals surface area (Å²) in [7, 11) is 0. The van der Waals surface area contributed by atoms with E-state index in [4.69, 9.17) is 11.1 Å². The molecule has 1 aliphatic rings. The zero-order valence-electron chi connectivity index (χ0n) is 18.4. The number of aryl methyl sites for hydroxylation is 1. The van der Waals surface area contributed by atoms with E-state index in [-0.39, 0.29) is 17.6 Å². The number of carbonyl (C=O) groups is 3. The molecular weight excluding hydrogens is 406 g/mol. The second kappa shape index (κ2) is 10.1. The van der Waals surface area contributed by atoms with Crippen LogP contribution < -0.4 is 16.4 Å². The first-order valence-corrected chi connectivity index (χ1v) is 10.7. The average Bonchev–Trinajstić information content (AvgIpc) is 3.32. The third kappa shape index (κ3) is 5.14. The summed E-state index contributed by atoms with van der Waals surface area (Å²) in [6, 6.07) is 10.7. The lowest BCUT2D eigenvalue weighted by Gasteiger charge is -2.20. The summed E-state index contributed by atoms with van der Waals surface area (Å²) in [5.74, 6) is -0.938. The third-order valence-corrected chi connectivity index (χ3v) is 5.53. The molecule has 3 amide bonds. The van der Waals surface area contributed by atoms with E-state index in [1.807, 2.05) is 4.90 Å². The van der Waals surface area contributed by atoms with E-state index in [1.54, 1.807) is 56.3 Å². The Labute approximate surface area is 187 Å². The van der Waals surface area contributed by atoms with Gasteiger partial charge >= 0.3 is 0 Å². The molecule has 1 atom stereocenters. The van der Waals surface area contributed by atoms with E-state index in [0.29, 0.717) is 34.4 Å². The summed E-state index contributed by atoms with van der Waals surface area (Å²) >= 11 is 0. The molecule has 2 aromatic carbocycles. The Morgan fingerprint density at radius 1 is 1.09 bits per heavy atom. The van der Waals surface area contributed by atoms with Gasteiger partial charge in [-0.15, -0.1) is 0 Å². The standard InChI is InChI=1S/C24H29N5O3/c1-3-27-23(31)20(16-7-6-8-17(14-16)21(25)26)28-22(30)18-9-10-19(15(2)13-18)24(32)29-11-4-5-12-29/h6-10,13-14,20H,3-5,11-12H2,1-2H3,(H3,25,26)(H,27,31)(H,28,30). The van der Waals surface area contributed by atoms with Crippen LogP contribution in [0.3, 0.4) is 0 Å². The summed E-state index contributed by atoms with van der Waals surface area (Å²) in [6.45, 7) is 5.52. The molecule has 168 valence electrons. The minimum absolute atomic E-state index is 0.0202. The molecule has 32 heavy (non-hydrogen) atoms. The van der Waals surface area contributed by atoms with Gasteiger partial charge in [0.25, 0.3) is 11.8 Å². The molecule has 0 aliphatic carbocycles. The van der Waals surface area contributed by atoms with Gasteiger partial charge in [0.2, 0.25) is 5.91 Å². The highest BCUT2D eigenvalue weighted by molar-refractivity contribution is 6.01. The Bertz CT molecular complexity index is 1040. The molecule has 1 saturated heterocycles. The summed E-state index contributed by atoms with van der Waals surface area (Å²) < 4.78 is 0. The van der Waals surface area contributed by atoms with Crippen LogP contribution in [0.25, 0.3) is 0 Å². The SMILES string of the molecule is CCNC(=O)C(NC(=O)c1ccc(C(=O)N2CCCC2)c(C)c1)c1cccc(C(=N)N)c1. The lowest BCUT2D eigenvalue weighted by Crippen LogP contribution is -2.40. The molecule has 0 aromatic heterocycles. The van der Waals surface area contributed by atoms with Crippen LogP contribution in [0.1, 0.15) is 63.2 Å². The molecule has 1 heterocycles. The molecule has 0 spiro atoms. The number of likely N-dealkylation sites (N-methyl/N-ethyl adjacent to an activating group) is 1. The van der Waals surface area contributed by atoms with Gasteiger partial charge in [0.15, 0.2) is 0 Å². The van der Waals surface area contributed by atoms with E-state index >= 15 is 0 Å². The van der Waals surface area contributed by atoms with Gasteiger partial charge in [0, 0.05) is 36.3 Å². The Hall–Kier alpha value is -3.68. The number of nitrogen functional groups attached to an aromatic ring is 1. The van der Waals surface area contributed by atoms with E-state index in [9.17, 15) is 14.4 Å². The molecule has 5 N–H and O–H groups in total. The maximum atomic E-state index is 13.0. The Morgan fingerprint density at radius 2 is 1.81 bits per heavy atom. The number of benzene rings is 2. The Balaban J connectivity index is 1.83. The van der Waals surface area contributed by atoms with Crippen LogP contribution in [0.2, 0.25) is 0 Å². The summed E-state index contributed by atoms with van der Waals surface area (Å²) in [4.78, 5) is 40.2. The van der Waals surface area contributed by atoms with E-state index in [2.05, 4.69) is 10.6 Å². The first-order chi connectivity index (χ1) is 15.3. The first-order valence-electron chi connectivity index (χ1n) is 10.7. The van der Waals surface area contributed by atoms with E-state index in [1.165, 1.54) is 0 Å². The highest BCUT2D eigenvalue weighted by Gasteiger charge is 2.25. The number of hydrogen-bond acceptors (Lipinski definition) is 4. The molecule has 3 rings (SSSR count). The summed E-state index contributed by atoms with van der Waals surface area (Å²) in [5.41, 5.74) is 8.21. The zero-order chi connectivity index (χ0) is 23.3. The van der Waals surface area contributed by atoms with Gasteiger partial charge in [-0.1, -0.05) is 18.2 Å². The maximum absolute atomic E-state index is 13.0. The number of nitrogens with two attached hydrogens (primary N) is 1. The van der Waals surface area contributed by atoms with E-state index < -0.39 is 11.9 Å². The predicted octanol–water partition coefficient (Wildman–Crippen LogP) is 2.12. The molecule has 2 aromatic rings. The minimum Gasteiger partial charge on any atom is -0.384 e. The van der Waals surface area contributed by atoms with Crippen molar-refractivity contribution in [2.75, 3.05) is 19.6 Å². The molecule has 0 saturated carbocycles. The van der Waals surface area contributed by atoms with Crippen LogP contribution in [0.15, 0.2) is 42.5 Å². The molecule has 8 nitrogen and oxygen atoms in total. The van der Waals surface area contributed by atoms with Crippen molar-refractivity contribution in [3.05, 3.63) is 70.3 Å². The predicted molar refractivity (Wildman–Crippen MR) is 123 cm³/mol. The van der Waals surface area contributed by atoms with Gasteiger partial charge in [-0.05, 0) is 62.1 Å². The second-order valence-corrected chi connectivity index (χ2v) is 7.87. The lowest BCUT2D eigenvalue weighted by molar-refractivity contribution is -0.123. The van der Waals surface area contributed by atoms with Gasteiger partial charge in [0.1, 0.15) is 11.9 Å². The molecule has 8 heteroatoms. The number of rotatable bonds is 7. The fourth-order valence-electron chi connectivity index (χ4n) is 3.81. The van der Waals surface area contributed by atoms with Crippen molar-refractivity contribution in [1.29, 1.82) is 5.41 Å². The molecular formula is C24H29N5O3. The fraction of sp³-hybridized carbons (Fsp3) is 0.333. The van der Waals surface area contributed by atoms with Gasteiger partial charge in [-0.2, -0.15) is 0 Å². The molecule has 1 aliphatic heterocycles. The fourth-order valence-corrected chi connectivity index (χ4v) is 3.81. The molecule has 1 unspecified atom stereocenters. The average molecular weight is 436 g/mol. The maximum Gasteiger partial charge on any atom is 0.254 e. The van der Waals surface area contributed by atoms with Gasteiger partial charge in [-0.25, -0.2) is 0 Å². The van der Waals surface area contributed by atoms with Crippen molar-refractivity contribution in [3.63, 3.8) is 0 Å². The highest BCUT2D eigenvalue weighted by atomic mass is 16.2. The quantitative estimate of drug-likeness (QED) is 0.392. The topological polar surface area (TPSA) is 128 Å². The van der Waals surface area contributed by atoms with Crippen molar-refractivity contribution < 1.29 is 14.4 Å². The largest absolute Gasteiger partial charge is 0.384 e. The van der Waals surface area contributed by atoms with E-state index in [0.717, 1.165) is 25.9 Å². The van der Waals surface area contributed by atoms with Crippen LogP contribution in [0.5, 0.6) is 0 Å². The Kier molecular flexibility index (Phi) is 7.25. The third-order valence-electron chi connectivity index (χ3n) is 5.53. The van der Waals surface area contributed by atoms with Crippen LogP contribution in [0.4, 0.5) is 0 Å². The summed E-state index contributed by atoms with van der Waals surface area (Å²) in [5, 5.41) is 13.1. The van der Waals surface area contributed by atoms with Crippen molar-refractivity contribution >= 4 is 23.6 Å². The van der Waals surface area contributed by atoms with Crippen LogP contribution >= 0.6 is 0 Å². The first kappa shape index (κ1) is 23.0. The number of amidine groups is 1. The van der Waals surface area contributed by atoms with Crippen molar-refractivity contribution in [2.45, 2.75) is 32.7 Å². The van der Waals surface area contributed by atoms with Crippen molar-refractivity contribution in [2.24, 2.45) is 5.73 Å². The monoisotopic (exact) mass is 435 g/mol. The lowest BCUT2D eigenvalue weighted by atomic mass is 10.0. The minimum atomic E-state index is -0.951. The number of amides is 3. The van der Waals surface area contributed by atoms with Crippen LogP contribution in [-0.2, 0) is 4.79 Å². The number of nitrogens with zero attached hydrogens (tertiary/aromatic N) is 1. The second-order valence-electron chi connectivity index (χ2n) is 7.87. The highest BCUT2D eigenvalue weighted by Crippen LogP contribution is 2.19. The van der Waals surface area contributed by atoms with Gasteiger partial charge in [0.05, 0.1) is 0 Å². The Morgan fingerprint density at radius 3 is 2.44 bits per heavy atom. The number of hydrogen-bond donors (Lipinski definition) is 4. The number of carbonyl (C=O) groups excluding carboxylic acids is 3.